The van der Waals surface area contributed by atoms with Gasteiger partial charge in [-0.3, -0.25) is 14.4 Å². The van der Waals surface area contributed by atoms with E-state index in [1.807, 2.05) is 6.92 Å². The molecule has 0 radical (unpaired) electrons. The van der Waals surface area contributed by atoms with Crippen LogP contribution < -0.4 is 0 Å². The van der Waals surface area contributed by atoms with Crippen molar-refractivity contribution in [3.8, 4) is 0 Å². The predicted octanol–water partition coefficient (Wildman–Crippen LogP) is 2.54. The molecule has 9 nitrogen and oxygen atoms in total. The fourth-order valence-electron chi connectivity index (χ4n) is 1.98. The lowest BCUT2D eigenvalue weighted by atomic mass is 10.2. The summed E-state index contributed by atoms with van der Waals surface area (Å²) in [5.74, 6) is -0.473. The van der Waals surface area contributed by atoms with Crippen LogP contribution in [-0.2, 0) is 38.1 Å². The van der Waals surface area contributed by atoms with Crippen LogP contribution in [0.5, 0.6) is 0 Å². The third-order valence-corrected chi connectivity index (χ3v) is 3.29. The Morgan fingerprint density at radius 3 is 2.22 bits per heavy atom. The van der Waals surface area contributed by atoms with Crippen molar-refractivity contribution in [2.24, 2.45) is 0 Å². The number of esters is 3. The molecule has 1 heterocycles. The molecule has 0 aromatic rings. The number of carbonyl (C=O) groups excluding carboxylic acids is 4. The summed E-state index contributed by atoms with van der Waals surface area (Å²) in [5.41, 5.74) is 0. The van der Waals surface area contributed by atoms with E-state index < -0.39 is 24.1 Å². The van der Waals surface area contributed by atoms with Crippen LogP contribution in [-0.4, -0.2) is 43.9 Å². The van der Waals surface area contributed by atoms with Gasteiger partial charge in [-0.15, -0.1) is 0 Å². The smallest absolute Gasteiger partial charge is 0.461 e. The summed E-state index contributed by atoms with van der Waals surface area (Å²) in [5, 5.41) is 0. The molecule has 0 aromatic carbocycles. The van der Waals surface area contributed by atoms with E-state index >= 15 is 0 Å². The van der Waals surface area contributed by atoms with Gasteiger partial charge in [0.05, 0.1) is 0 Å². The molecule has 0 N–H and O–H groups in total. The summed E-state index contributed by atoms with van der Waals surface area (Å²) < 4.78 is 24.1. The highest BCUT2D eigenvalue weighted by molar-refractivity contribution is 5.71. The van der Waals surface area contributed by atoms with E-state index in [0.717, 1.165) is 0 Å². The van der Waals surface area contributed by atoms with Crippen LogP contribution in [0.2, 0.25) is 0 Å². The molecule has 150 valence electrons. The van der Waals surface area contributed by atoms with Crippen molar-refractivity contribution >= 4 is 24.1 Å². The van der Waals surface area contributed by atoms with E-state index in [1.54, 1.807) is 0 Å². The third-order valence-electron chi connectivity index (χ3n) is 3.29. The molecule has 0 atom stereocenters. The Hall–Kier alpha value is -2.84. The first-order valence-corrected chi connectivity index (χ1v) is 8.63. The van der Waals surface area contributed by atoms with Crippen LogP contribution in [0.4, 0.5) is 4.79 Å². The average molecular weight is 384 g/mol. The van der Waals surface area contributed by atoms with Crippen LogP contribution >= 0.6 is 0 Å². The summed E-state index contributed by atoms with van der Waals surface area (Å²) in [6.07, 6.45) is 4.04. The molecule has 0 aromatic heterocycles. The Morgan fingerprint density at radius 1 is 1.07 bits per heavy atom. The van der Waals surface area contributed by atoms with Gasteiger partial charge in [0.1, 0.15) is 24.7 Å². The number of rotatable bonds is 11. The zero-order valence-corrected chi connectivity index (χ0v) is 15.5. The summed E-state index contributed by atoms with van der Waals surface area (Å²) in [4.78, 5) is 44.7. The fourth-order valence-corrected chi connectivity index (χ4v) is 1.98. The van der Waals surface area contributed by atoms with Crippen LogP contribution in [0.15, 0.2) is 23.7 Å². The van der Waals surface area contributed by atoms with Crippen LogP contribution in [0, 0.1) is 0 Å². The first-order chi connectivity index (χ1) is 12.9. The van der Waals surface area contributed by atoms with Gasteiger partial charge in [-0.25, -0.2) is 4.79 Å². The molecule has 1 rings (SSSR count). The number of allylic oxidation sites excluding steroid dienone is 1. The van der Waals surface area contributed by atoms with Crippen molar-refractivity contribution in [3.05, 3.63) is 23.7 Å². The second-order valence-electron chi connectivity index (χ2n) is 5.50. The highest BCUT2D eigenvalue weighted by Crippen LogP contribution is 2.10. The number of ether oxygens (including phenoxy) is 5. The molecule has 1 aliphatic rings. The van der Waals surface area contributed by atoms with Gasteiger partial charge in [0.2, 0.25) is 0 Å². The molecule has 0 aliphatic carbocycles. The van der Waals surface area contributed by atoms with Crippen molar-refractivity contribution in [1.82, 2.24) is 0 Å². The molecule has 1 saturated heterocycles. The van der Waals surface area contributed by atoms with E-state index in [2.05, 4.69) is 9.47 Å². The molecule has 0 amide bonds. The average Bonchev–Trinajstić information content (AvgIpc) is 3.02. The standard InChI is InChI=1S/C18H24O9/c1-3-14(26-13(2)19)8-10-23-16(20)6-4-5-7-17(21)24-11-9-15-12-25-18(22)27-15/h8-9H,3-7,10-12H2,1-2H3. The maximum absolute atomic E-state index is 11.6. The Labute approximate surface area is 157 Å². The van der Waals surface area contributed by atoms with Crippen molar-refractivity contribution in [2.75, 3.05) is 19.8 Å². The van der Waals surface area contributed by atoms with E-state index in [1.165, 1.54) is 19.1 Å². The second-order valence-corrected chi connectivity index (χ2v) is 5.50. The van der Waals surface area contributed by atoms with E-state index in [-0.39, 0.29) is 32.7 Å². The molecule has 0 bridgehead atoms. The maximum Gasteiger partial charge on any atom is 0.514 e. The van der Waals surface area contributed by atoms with Gasteiger partial charge >= 0.3 is 24.1 Å². The van der Waals surface area contributed by atoms with Gasteiger partial charge in [0.15, 0.2) is 6.61 Å². The minimum absolute atomic E-state index is 0.0126. The number of cyclic esters (lactones) is 2. The van der Waals surface area contributed by atoms with Crippen molar-refractivity contribution < 1.29 is 42.9 Å². The highest BCUT2D eigenvalue weighted by Gasteiger charge is 2.18. The molecule has 1 fully saturated rings. The molecular formula is C18H24O9. The Kier molecular flexibility index (Phi) is 10.3. The minimum atomic E-state index is -0.771. The van der Waals surface area contributed by atoms with Crippen molar-refractivity contribution in [3.63, 3.8) is 0 Å². The predicted molar refractivity (Wildman–Crippen MR) is 91.0 cm³/mol. The zero-order chi connectivity index (χ0) is 20.1. The number of carbonyl (C=O) groups is 4. The van der Waals surface area contributed by atoms with Gasteiger partial charge < -0.3 is 23.7 Å². The molecule has 0 spiro atoms. The number of unbranched alkanes of at least 4 members (excludes halogenated alkanes) is 1. The van der Waals surface area contributed by atoms with Gasteiger partial charge in [-0.2, -0.15) is 0 Å². The van der Waals surface area contributed by atoms with Crippen molar-refractivity contribution in [2.45, 2.75) is 46.0 Å². The van der Waals surface area contributed by atoms with Crippen LogP contribution in [0.3, 0.4) is 0 Å². The van der Waals surface area contributed by atoms with Gasteiger partial charge in [-0.1, -0.05) is 6.92 Å². The Bertz CT molecular complexity index is 604. The molecule has 0 saturated carbocycles. The quantitative estimate of drug-likeness (QED) is 0.229. The fraction of sp³-hybridized carbons (Fsp3) is 0.556. The number of hydrogen-bond acceptors (Lipinski definition) is 9. The van der Waals surface area contributed by atoms with E-state index in [0.29, 0.717) is 30.8 Å². The van der Waals surface area contributed by atoms with Gasteiger partial charge in [-0.05, 0) is 25.0 Å². The normalized spacial score (nSPS) is 15.1. The topological polar surface area (TPSA) is 114 Å². The van der Waals surface area contributed by atoms with Gasteiger partial charge in [0.25, 0.3) is 0 Å². The Balaban J connectivity index is 2.08. The molecule has 9 heteroatoms. The molecule has 1 aliphatic heterocycles. The summed E-state index contributed by atoms with van der Waals surface area (Å²) in [7, 11) is 0. The number of hydrogen-bond donors (Lipinski definition) is 0. The molecule has 0 unspecified atom stereocenters. The summed E-state index contributed by atoms with van der Waals surface area (Å²) >= 11 is 0. The lowest BCUT2D eigenvalue weighted by Gasteiger charge is -2.05. The van der Waals surface area contributed by atoms with Crippen molar-refractivity contribution in [1.29, 1.82) is 0 Å². The second kappa shape index (κ2) is 12.5. The largest absolute Gasteiger partial charge is 0.514 e. The zero-order valence-electron chi connectivity index (χ0n) is 15.5. The van der Waals surface area contributed by atoms with E-state index in [4.69, 9.17) is 14.2 Å². The first kappa shape index (κ1) is 22.2. The minimum Gasteiger partial charge on any atom is -0.461 e. The van der Waals surface area contributed by atoms with E-state index in [9.17, 15) is 19.2 Å². The lowest BCUT2D eigenvalue weighted by Crippen LogP contribution is -2.08. The van der Waals surface area contributed by atoms with Crippen LogP contribution in [0.1, 0.15) is 46.0 Å². The monoisotopic (exact) mass is 384 g/mol. The summed E-state index contributed by atoms with van der Waals surface area (Å²) in [6.45, 7) is 3.17. The molecular weight excluding hydrogens is 360 g/mol. The molecule has 27 heavy (non-hydrogen) atoms. The SMILES string of the molecule is CCC(=CCOC(=O)CCCCC(=O)OCC=C1COC(=O)O1)OC(C)=O. The first-order valence-electron chi connectivity index (χ1n) is 8.63. The third kappa shape index (κ3) is 10.7. The highest BCUT2D eigenvalue weighted by atomic mass is 16.8. The maximum atomic E-state index is 11.6. The summed E-state index contributed by atoms with van der Waals surface area (Å²) in [6, 6.07) is 0. The lowest BCUT2D eigenvalue weighted by molar-refractivity contribution is -0.144. The van der Waals surface area contributed by atoms with Gasteiger partial charge in [0, 0.05) is 26.2 Å². The van der Waals surface area contributed by atoms with Crippen LogP contribution in [0.25, 0.3) is 0 Å². The Morgan fingerprint density at radius 2 is 1.70 bits per heavy atom.